The van der Waals surface area contributed by atoms with Gasteiger partial charge in [-0.05, 0) is 24.3 Å². The molecule has 0 bridgehead atoms. The van der Waals surface area contributed by atoms with Gasteiger partial charge < -0.3 is 19.1 Å². The molecule has 152 valence electrons. The van der Waals surface area contributed by atoms with Crippen LogP contribution in [0.15, 0.2) is 53.5 Å². The molecule has 2 atom stereocenters. The fourth-order valence-corrected chi connectivity index (χ4v) is 6.56. The highest BCUT2D eigenvalue weighted by Gasteiger charge is 2.47. The van der Waals surface area contributed by atoms with Crippen molar-refractivity contribution >= 4 is 32.5 Å². The normalized spacial score (nSPS) is 23.7. The Hall–Kier alpha value is -2.39. The fraction of sp³-hybridized carbons (Fsp3) is 0.350. The maximum Gasteiger partial charge on any atom is 0.231 e. The lowest BCUT2D eigenvalue weighted by Crippen LogP contribution is -2.39. The number of nitrogens with zero attached hydrogens (tertiary/aromatic N) is 2. The van der Waals surface area contributed by atoms with Crippen LogP contribution in [0, 0.1) is 0 Å². The summed E-state index contributed by atoms with van der Waals surface area (Å²) < 4.78 is 41.0. The molecule has 3 aliphatic heterocycles. The van der Waals surface area contributed by atoms with Crippen LogP contribution in [0.5, 0.6) is 17.2 Å². The van der Waals surface area contributed by atoms with Crippen LogP contribution in [0.1, 0.15) is 0 Å². The van der Waals surface area contributed by atoms with E-state index in [1.165, 1.54) is 0 Å². The minimum absolute atomic E-state index is 0.100. The standard InChI is InChI=1S/C20H20N2O5S2/c23-29(24)11-16-17(12-29)22(14-6-7-18-19(10-14)27-13-26-18)20(21-16)28-9-8-25-15-4-2-1-3-5-15/h1-7,10,16-17H,8-9,11-13H2/t16-,17-/m1/s1. The highest BCUT2D eigenvalue weighted by atomic mass is 32.2. The largest absolute Gasteiger partial charge is 0.493 e. The Bertz CT molecular complexity index is 1040. The van der Waals surface area contributed by atoms with Gasteiger partial charge in [-0.3, -0.25) is 4.99 Å². The number of aliphatic imine (C=N–C) groups is 1. The topological polar surface area (TPSA) is 77.4 Å². The molecule has 0 radical (unpaired) electrons. The molecule has 0 amide bonds. The predicted octanol–water partition coefficient (Wildman–Crippen LogP) is 2.57. The van der Waals surface area contributed by atoms with Crippen molar-refractivity contribution in [1.29, 1.82) is 0 Å². The van der Waals surface area contributed by atoms with Gasteiger partial charge >= 0.3 is 0 Å². The average Bonchev–Trinajstić information content (AvgIpc) is 3.37. The second-order valence-corrected chi connectivity index (χ2v) is 10.3. The molecule has 0 aromatic heterocycles. The molecule has 3 aliphatic rings. The van der Waals surface area contributed by atoms with E-state index in [1.807, 2.05) is 53.4 Å². The van der Waals surface area contributed by atoms with Crippen molar-refractivity contribution in [2.45, 2.75) is 12.1 Å². The summed E-state index contributed by atoms with van der Waals surface area (Å²) in [5.74, 6) is 3.12. The van der Waals surface area contributed by atoms with Crippen LogP contribution in [0.25, 0.3) is 0 Å². The Morgan fingerprint density at radius 3 is 2.79 bits per heavy atom. The molecule has 0 spiro atoms. The van der Waals surface area contributed by atoms with E-state index < -0.39 is 9.84 Å². The molecule has 0 N–H and O–H groups in total. The number of hydrogen-bond donors (Lipinski definition) is 0. The highest BCUT2D eigenvalue weighted by Crippen LogP contribution is 2.40. The van der Waals surface area contributed by atoms with E-state index in [1.54, 1.807) is 11.8 Å². The van der Waals surface area contributed by atoms with Gasteiger partial charge in [-0.15, -0.1) is 0 Å². The zero-order valence-electron chi connectivity index (χ0n) is 15.6. The van der Waals surface area contributed by atoms with Crippen LogP contribution in [-0.4, -0.2) is 56.3 Å². The Morgan fingerprint density at radius 2 is 1.93 bits per heavy atom. The first-order valence-corrected chi connectivity index (χ1v) is 12.2. The summed E-state index contributed by atoms with van der Waals surface area (Å²) >= 11 is 1.58. The zero-order chi connectivity index (χ0) is 19.8. The van der Waals surface area contributed by atoms with E-state index in [0.29, 0.717) is 23.9 Å². The third kappa shape index (κ3) is 3.76. The molecule has 2 aromatic rings. The molecule has 0 aliphatic carbocycles. The molecule has 9 heteroatoms. The van der Waals surface area contributed by atoms with E-state index in [0.717, 1.165) is 16.6 Å². The van der Waals surface area contributed by atoms with Crippen LogP contribution in [-0.2, 0) is 9.84 Å². The third-order valence-electron chi connectivity index (χ3n) is 5.07. The van der Waals surface area contributed by atoms with Crippen molar-refractivity contribution in [3.63, 3.8) is 0 Å². The van der Waals surface area contributed by atoms with Gasteiger partial charge in [0.1, 0.15) is 5.75 Å². The molecular formula is C20H20N2O5S2. The van der Waals surface area contributed by atoms with Crippen LogP contribution in [0.4, 0.5) is 5.69 Å². The van der Waals surface area contributed by atoms with E-state index >= 15 is 0 Å². The molecule has 1 fully saturated rings. The second-order valence-electron chi connectivity index (χ2n) is 7.04. The molecule has 0 unspecified atom stereocenters. The lowest BCUT2D eigenvalue weighted by Gasteiger charge is -2.26. The van der Waals surface area contributed by atoms with Crippen molar-refractivity contribution < 1.29 is 22.6 Å². The molecule has 1 saturated heterocycles. The number of rotatable bonds is 5. The van der Waals surface area contributed by atoms with E-state index in [9.17, 15) is 8.42 Å². The molecular weight excluding hydrogens is 412 g/mol. The minimum atomic E-state index is -3.08. The Labute approximate surface area is 173 Å². The third-order valence-corrected chi connectivity index (χ3v) is 7.70. The lowest BCUT2D eigenvalue weighted by atomic mass is 10.1. The maximum atomic E-state index is 12.2. The fourth-order valence-electron chi connectivity index (χ4n) is 3.78. The van der Waals surface area contributed by atoms with Crippen molar-refractivity contribution in [2.24, 2.45) is 4.99 Å². The average molecular weight is 433 g/mol. The van der Waals surface area contributed by atoms with E-state index in [-0.39, 0.29) is 30.4 Å². The molecule has 7 nitrogen and oxygen atoms in total. The van der Waals surface area contributed by atoms with Crippen LogP contribution >= 0.6 is 11.8 Å². The molecule has 5 rings (SSSR count). The first-order chi connectivity index (χ1) is 14.1. The summed E-state index contributed by atoms with van der Waals surface area (Å²) in [4.78, 5) is 6.77. The van der Waals surface area contributed by atoms with Gasteiger partial charge in [0.2, 0.25) is 6.79 Å². The Kier molecular flexibility index (Phi) is 4.79. The van der Waals surface area contributed by atoms with Crippen LogP contribution in [0.3, 0.4) is 0 Å². The summed E-state index contributed by atoms with van der Waals surface area (Å²) in [7, 11) is -3.08. The van der Waals surface area contributed by atoms with Crippen molar-refractivity contribution in [1.82, 2.24) is 0 Å². The van der Waals surface area contributed by atoms with Crippen molar-refractivity contribution in [2.75, 3.05) is 35.6 Å². The van der Waals surface area contributed by atoms with Crippen molar-refractivity contribution in [3.8, 4) is 17.2 Å². The van der Waals surface area contributed by atoms with Gasteiger partial charge in [0.25, 0.3) is 0 Å². The first kappa shape index (κ1) is 18.6. The zero-order valence-corrected chi connectivity index (χ0v) is 17.2. The van der Waals surface area contributed by atoms with Crippen LogP contribution < -0.4 is 19.1 Å². The quantitative estimate of drug-likeness (QED) is 0.672. The van der Waals surface area contributed by atoms with Gasteiger partial charge in [0.05, 0.1) is 30.2 Å². The number of thioether (sulfide) groups is 1. The number of amidine groups is 1. The molecule has 2 aromatic carbocycles. The molecule has 0 saturated carbocycles. The number of para-hydroxylation sites is 1. The monoisotopic (exact) mass is 432 g/mol. The van der Waals surface area contributed by atoms with Gasteiger partial charge in [-0.1, -0.05) is 30.0 Å². The first-order valence-electron chi connectivity index (χ1n) is 9.37. The minimum Gasteiger partial charge on any atom is -0.493 e. The number of hydrogen-bond acceptors (Lipinski definition) is 8. The highest BCUT2D eigenvalue weighted by molar-refractivity contribution is 8.14. The molecule has 29 heavy (non-hydrogen) atoms. The summed E-state index contributed by atoms with van der Waals surface area (Å²) in [6, 6.07) is 14.9. The van der Waals surface area contributed by atoms with E-state index in [2.05, 4.69) is 0 Å². The summed E-state index contributed by atoms with van der Waals surface area (Å²) in [6.07, 6.45) is 0. The second kappa shape index (κ2) is 7.46. The number of ether oxygens (including phenoxy) is 3. The van der Waals surface area contributed by atoms with Gasteiger partial charge in [-0.25, -0.2) is 8.42 Å². The number of benzene rings is 2. The summed E-state index contributed by atoms with van der Waals surface area (Å²) in [5.41, 5.74) is 0.870. The predicted molar refractivity (Wildman–Crippen MR) is 113 cm³/mol. The number of fused-ring (bicyclic) bond motifs is 2. The van der Waals surface area contributed by atoms with Gasteiger partial charge in [0, 0.05) is 17.5 Å². The number of anilines is 1. The van der Waals surface area contributed by atoms with Gasteiger partial charge in [-0.2, -0.15) is 0 Å². The Balaban J connectivity index is 1.33. The number of sulfone groups is 1. The van der Waals surface area contributed by atoms with Crippen molar-refractivity contribution in [3.05, 3.63) is 48.5 Å². The summed E-state index contributed by atoms with van der Waals surface area (Å²) in [5, 5.41) is 0.824. The maximum absolute atomic E-state index is 12.2. The molecule has 3 heterocycles. The smallest absolute Gasteiger partial charge is 0.231 e. The lowest BCUT2D eigenvalue weighted by molar-refractivity contribution is 0.174. The summed E-state index contributed by atoms with van der Waals surface area (Å²) in [6.45, 7) is 0.738. The SMILES string of the molecule is O=S1(=O)C[C@@H]2[C@@H](C1)N=C(SCCOc1ccccc1)N2c1ccc2c(c1)OCO2. The van der Waals surface area contributed by atoms with Crippen LogP contribution in [0.2, 0.25) is 0 Å². The van der Waals surface area contributed by atoms with Gasteiger partial charge in [0.15, 0.2) is 26.5 Å². The Morgan fingerprint density at radius 1 is 1.10 bits per heavy atom. The van der Waals surface area contributed by atoms with E-state index in [4.69, 9.17) is 19.2 Å².